The molecule has 2 aromatic carbocycles. The molecule has 2 fully saturated rings. The van der Waals surface area contributed by atoms with Gasteiger partial charge in [0.1, 0.15) is 18.1 Å². The van der Waals surface area contributed by atoms with E-state index in [1.165, 1.54) is 26.6 Å². The number of carbonyl (C=O) groups is 2. The van der Waals surface area contributed by atoms with Crippen LogP contribution in [0.25, 0.3) is 6.08 Å². The Hall–Kier alpha value is -3.84. The summed E-state index contributed by atoms with van der Waals surface area (Å²) in [6, 6.07) is 28.6. The number of likely N-dealkylation sites (tertiary alicyclic amines) is 1. The summed E-state index contributed by atoms with van der Waals surface area (Å²) in [7, 11) is -4.02. The second-order valence-electron chi connectivity index (χ2n) is 15.8. The molecule has 2 aliphatic heterocycles. The zero-order valence-electron chi connectivity index (χ0n) is 31.6. The van der Waals surface area contributed by atoms with Gasteiger partial charge in [0, 0.05) is 4.88 Å². The van der Waals surface area contributed by atoms with Crippen molar-refractivity contribution in [3.05, 3.63) is 123 Å². The number of rotatable bonds is 13. The third-order valence-corrected chi connectivity index (χ3v) is 17.4. The van der Waals surface area contributed by atoms with Crippen LogP contribution < -0.4 is 10.4 Å². The molecule has 0 bridgehead atoms. The van der Waals surface area contributed by atoms with Gasteiger partial charge in [-0.05, 0) is 94.1 Å². The maximum atomic E-state index is 14.3. The molecule has 0 saturated carbocycles. The highest BCUT2D eigenvalue weighted by atomic mass is 32.1. The van der Waals surface area contributed by atoms with Gasteiger partial charge in [0.2, 0.25) is 11.8 Å². The lowest BCUT2D eigenvalue weighted by atomic mass is 9.58. The van der Waals surface area contributed by atoms with E-state index in [-0.39, 0.29) is 48.8 Å². The van der Waals surface area contributed by atoms with E-state index in [1.807, 2.05) is 41.8 Å². The Labute approximate surface area is 323 Å². The van der Waals surface area contributed by atoms with Crippen LogP contribution in [0.2, 0.25) is 11.4 Å². The molecular formula is C43H50BNO7SSi. The fourth-order valence-corrected chi connectivity index (χ4v) is 14.3. The van der Waals surface area contributed by atoms with Crippen molar-refractivity contribution >= 4 is 55.0 Å². The highest BCUT2D eigenvalue weighted by molar-refractivity contribution is 7.09. The van der Waals surface area contributed by atoms with Crippen molar-refractivity contribution in [2.45, 2.75) is 84.0 Å². The Bertz CT molecular complexity index is 1950. The Kier molecular flexibility index (Phi) is 11.5. The predicted octanol–water partition coefficient (Wildman–Crippen LogP) is 6.98. The van der Waals surface area contributed by atoms with Gasteiger partial charge in [0.05, 0.1) is 31.1 Å². The minimum atomic E-state index is -2.96. The van der Waals surface area contributed by atoms with Crippen LogP contribution in [0.1, 0.15) is 69.8 Å². The lowest BCUT2D eigenvalue weighted by Gasteiger charge is -2.46. The van der Waals surface area contributed by atoms with Crippen molar-refractivity contribution in [1.29, 1.82) is 0 Å². The number of furan rings is 1. The number of fused-ring (bicyclic) bond motifs is 3. The molecule has 4 atom stereocenters. The summed E-state index contributed by atoms with van der Waals surface area (Å²) in [6.45, 7) is 9.24. The van der Waals surface area contributed by atoms with Crippen molar-refractivity contribution in [1.82, 2.24) is 4.90 Å². The monoisotopic (exact) mass is 763 g/mol. The van der Waals surface area contributed by atoms with Gasteiger partial charge in [-0.2, -0.15) is 0 Å². The molecule has 2 saturated heterocycles. The fraction of sp³-hybridized carbons (Fsp3) is 0.395. The molecule has 0 spiro atoms. The normalized spacial score (nSPS) is 22.2. The first-order valence-electron chi connectivity index (χ1n) is 19.1. The van der Waals surface area contributed by atoms with Gasteiger partial charge in [0.15, 0.2) is 0 Å². The second kappa shape index (κ2) is 16.1. The Morgan fingerprint density at radius 2 is 1.69 bits per heavy atom. The molecular weight excluding hydrogens is 713 g/mol. The number of allylic oxidation sites excluding steroid dienone is 1. The maximum absolute atomic E-state index is 14.3. The zero-order chi connectivity index (χ0) is 38.0. The molecule has 2 aromatic heterocycles. The number of aliphatic hydroxyl groups excluding tert-OH is 1. The quantitative estimate of drug-likeness (QED) is 0.0860. The molecule has 282 valence electrons. The van der Waals surface area contributed by atoms with Crippen LogP contribution in [0.15, 0.2) is 111 Å². The number of carbonyl (C=O) groups excluding carboxylic acids is 2. The first-order valence-corrected chi connectivity index (χ1v) is 21.9. The SMILES string of the molecule is CC/C(=C\c1ccc(CO)o1)CC[C@H]1OB(O)C[C@H]2C1=C(CO[Si](c1ccccc1)(c1ccccc1)C(C)(C)C)C[C@H]1C(=O)N(Cc3cccs3)C(=O)[C@H]12. The van der Waals surface area contributed by atoms with Gasteiger partial charge in [-0.3, -0.25) is 14.5 Å². The molecule has 2 amide bonds. The number of hydrogen-bond acceptors (Lipinski definition) is 8. The number of thiophene rings is 1. The van der Waals surface area contributed by atoms with Crippen molar-refractivity contribution < 1.29 is 33.2 Å². The van der Waals surface area contributed by atoms with E-state index in [1.54, 1.807) is 6.07 Å². The summed E-state index contributed by atoms with van der Waals surface area (Å²) >= 11 is 1.54. The molecule has 0 unspecified atom stereocenters. The van der Waals surface area contributed by atoms with Gasteiger partial charge in [-0.25, -0.2) is 0 Å². The number of nitrogens with zero attached hydrogens (tertiary/aromatic N) is 1. The fourth-order valence-electron chi connectivity index (χ4n) is 9.06. The van der Waals surface area contributed by atoms with Crippen molar-refractivity contribution in [3.63, 3.8) is 0 Å². The molecule has 4 heterocycles. The standard InChI is InChI=1S/C43H50BNO7SSi/c1-5-29(23-31-19-20-32(27-46)51-31)18-21-38-39-30(28-50-54(43(2,3)4,34-14-8-6-9-15-34)35-16-10-7-11-17-35)24-36-40(37(39)25-44(49)52-38)42(48)45(41(36)47)26-33-13-12-22-53-33/h6-17,19-20,22-23,36-38,40,46,49H,5,18,21,24-28H2,1-4H3/b29-23+/t36-,37+,38-,40-/m1/s1. The number of benzene rings is 2. The van der Waals surface area contributed by atoms with E-state index < -0.39 is 33.4 Å². The van der Waals surface area contributed by atoms with Crippen LogP contribution in [0, 0.1) is 17.8 Å². The third kappa shape index (κ3) is 7.42. The molecule has 4 aromatic rings. The van der Waals surface area contributed by atoms with Gasteiger partial charge < -0.3 is 23.6 Å². The molecule has 3 aliphatic rings. The summed E-state index contributed by atoms with van der Waals surface area (Å²) in [6.07, 6.45) is 4.23. The van der Waals surface area contributed by atoms with E-state index in [4.69, 9.17) is 13.5 Å². The predicted molar refractivity (Wildman–Crippen MR) is 215 cm³/mol. The average molecular weight is 764 g/mol. The highest BCUT2D eigenvalue weighted by Crippen LogP contribution is 2.51. The van der Waals surface area contributed by atoms with E-state index in [0.717, 1.165) is 28.0 Å². The second-order valence-corrected chi connectivity index (χ2v) is 21.1. The van der Waals surface area contributed by atoms with E-state index >= 15 is 0 Å². The van der Waals surface area contributed by atoms with Gasteiger partial charge in [0.25, 0.3) is 8.32 Å². The van der Waals surface area contributed by atoms with Gasteiger partial charge in [-0.1, -0.05) is 100.0 Å². The van der Waals surface area contributed by atoms with Gasteiger partial charge in [-0.15, -0.1) is 11.3 Å². The topological polar surface area (TPSA) is 109 Å². The number of hydrogen-bond donors (Lipinski definition) is 2. The summed E-state index contributed by atoms with van der Waals surface area (Å²) in [5, 5.41) is 24.8. The molecule has 11 heteroatoms. The number of aliphatic hydroxyl groups is 1. The zero-order valence-corrected chi connectivity index (χ0v) is 33.4. The van der Waals surface area contributed by atoms with E-state index in [0.29, 0.717) is 30.8 Å². The van der Waals surface area contributed by atoms with Crippen molar-refractivity contribution in [2.24, 2.45) is 17.8 Å². The number of imide groups is 1. The van der Waals surface area contributed by atoms with Gasteiger partial charge >= 0.3 is 7.12 Å². The van der Waals surface area contributed by atoms with Crippen LogP contribution in [-0.2, 0) is 31.8 Å². The Balaban J connectivity index is 1.29. The van der Waals surface area contributed by atoms with E-state index in [2.05, 4.69) is 76.2 Å². The lowest BCUT2D eigenvalue weighted by molar-refractivity contribution is -0.140. The highest BCUT2D eigenvalue weighted by Gasteiger charge is 2.58. The van der Waals surface area contributed by atoms with Crippen LogP contribution in [0.4, 0.5) is 0 Å². The van der Waals surface area contributed by atoms with Crippen LogP contribution >= 0.6 is 11.3 Å². The Morgan fingerprint density at radius 3 is 2.28 bits per heavy atom. The summed E-state index contributed by atoms with van der Waals surface area (Å²) in [5.74, 6) is -0.562. The van der Waals surface area contributed by atoms with E-state index in [9.17, 15) is 19.7 Å². The van der Waals surface area contributed by atoms with Crippen LogP contribution in [-0.4, -0.2) is 55.0 Å². The third-order valence-electron chi connectivity index (χ3n) is 11.5. The molecule has 1 aliphatic carbocycles. The molecule has 2 N–H and O–H groups in total. The molecule has 0 radical (unpaired) electrons. The molecule has 7 rings (SSSR count). The summed E-state index contributed by atoms with van der Waals surface area (Å²) < 4.78 is 19.7. The van der Waals surface area contributed by atoms with Crippen LogP contribution in [0.5, 0.6) is 0 Å². The first-order chi connectivity index (χ1) is 26.0. The molecule has 54 heavy (non-hydrogen) atoms. The molecule has 8 nitrogen and oxygen atoms in total. The van der Waals surface area contributed by atoms with Crippen molar-refractivity contribution in [2.75, 3.05) is 6.61 Å². The van der Waals surface area contributed by atoms with Crippen LogP contribution in [0.3, 0.4) is 0 Å². The smallest absolute Gasteiger partial charge is 0.455 e. The average Bonchev–Trinajstić information content (AvgIpc) is 3.91. The summed E-state index contributed by atoms with van der Waals surface area (Å²) in [5.41, 5.74) is 3.16. The minimum absolute atomic E-state index is 0.144. The Morgan fingerprint density at radius 1 is 0.981 bits per heavy atom. The number of amides is 2. The minimum Gasteiger partial charge on any atom is -0.459 e. The summed E-state index contributed by atoms with van der Waals surface area (Å²) in [4.78, 5) is 31.0. The largest absolute Gasteiger partial charge is 0.459 e. The lowest BCUT2D eigenvalue weighted by Crippen LogP contribution is -2.66. The maximum Gasteiger partial charge on any atom is 0.455 e. The first kappa shape index (κ1) is 38.4. The van der Waals surface area contributed by atoms with Crippen molar-refractivity contribution in [3.8, 4) is 0 Å².